The highest BCUT2D eigenvalue weighted by Gasteiger charge is 2.34. The highest BCUT2D eigenvalue weighted by Crippen LogP contribution is 2.22. The van der Waals surface area contributed by atoms with Gasteiger partial charge in [-0.2, -0.15) is 0 Å². The number of carbonyl (C=O) groups is 4. The van der Waals surface area contributed by atoms with Crippen LogP contribution in [0.1, 0.15) is 40.0 Å². The predicted octanol–water partition coefficient (Wildman–Crippen LogP) is 1.73. The monoisotopic (exact) mass is 345 g/mol. The molecule has 0 spiro atoms. The minimum Gasteiger partial charge on any atom is -0.469 e. The number of ether oxygens (including phenoxy) is 2. The first-order valence-corrected chi connectivity index (χ1v) is 7.87. The van der Waals surface area contributed by atoms with Gasteiger partial charge in [0.25, 0.3) is 11.8 Å². The fraction of sp³-hybridized carbons (Fsp3) is 0.333. The number of fused-ring (bicyclic) bond motifs is 1. The summed E-state index contributed by atoms with van der Waals surface area (Å²) in [6.07, 6.45) is 4.27. The molecule has 0 N–H and O–H groups in total. The number of allylic oxidation sites excluding steroid dienone is 1. The van der Waals surface area contributed by atoms with Crippen molar-refractivity contribution in [3.05, 3.63) is 47.5 Å². The van der Waals surface area contributed by atoms with E-state index in [1.165, 1.54) is 12.0 Å². The Morgan fingerprint density at radius 1 is 1.04 bits per heavy atom. The maximum Gasteiger partial charge on any atom is 0.317 e. The molecule has 0 unspecified atom stereocenters. The number of hydrogen-bond donors (Lipinski definition) is 0. The Labute approximate surface area is 145 Å². The first-order valence-electron chi connectivity index (χ1n) is 7.87. The van der Waals surface area contributed by atoms with Crippen molar-refractivity contribution >= 4 is 23.8 Å². The average Bonchev–Trinajstić information content (AvgIpc) is 2.85. The van der Waals surface area contributed by atoms with Crippen LogP contribution in [0.3, 0.4) is 0 Å². The number of hydrogen-bond acceptors (Lipinski definition) is 6. The van der Waals surface area contributed by atoms with E-state index in [0.29, 0.717) is 30.5 Å². The summed E-state index contributed by atoms with van der Waals surface area (Å²) in [6.45, 7) is 0.391. The highest BCUT2D eigenvalue weighted by molar-refractivity contribution is 6.21. The molecule has 1 aliphatic heterocycles. The lowest BCUT2D eigenvalue weighted by Gasteiger charge is -2.12. The third-order valence-electron chi connectivity index (χ3n) is 3.65. The lowest BCUT2D eigenvalue weighted by atomic mass is 10.1. The lowest BCUT2D eigenvalue weighted by molar-refractivity contribution is -0.152. The molecule has 0 saturated heterocycles. The predicted molar refractivity (Wildman–Crippen MR) is 87.8 cm³/mol. The molecule has 0 aromatic heterocycles. The molecule has 1 aromatic carbocycles. The molecule has 25 heavy (non-hydrogen) atoms. The smallest absolute Gasteiger partial charge is 0.317 e. The molecule has 1 heterocycles. The molecule has 132 valence electrons. The van der Waals surface area contributed by atoms with Crippen molar-refractivity contribution in [2.45, 2.75) is 19.3 Å². The summed E-state index contributed by atoms with van der Waals surface area (Å²) < 4.78 is 9.18. The first kappa shape index (κ1) is 18.4. The van der Waals surface area contributed by atoms with E-state index in [-0.39, 0.29) is 18.4 Å². The van der Waals surface area contributed by atoms with Gasteiger partial charge in [-0.1, -0.05) is 24.3 Å². The Morgan fingerprint density at radius 3 is 2.28 bits per heavy atom. The maximum absolute atomic E-state index is 12.2. The van der Waals surface area contributed by atoms with E-state index >= 15 is 0 Å². The summed E-state index contributed by atoms with van der Waals surface area (Å²) in [5.74, 6) is -1.82. The fourth-order valence-corrected chi connectivity index (χ4v) is 2.38. The van der Waals surface area contributed by atoms with Crippen LogP contribution in [-0.4, -0.2) is 48.9 Å². The van der Waals surface area contributed by atoms with Gasteiger partial charge in [-0.25, -0.2) is 0 Å². The van der Waals surface area contributed by atoms with Gasteiger partial charge in [-0.05, 0) is 25.0 Å². The van der Waals surface area contributed by atoms with Crippen molar-refractivity contribution in [1.82, 2.24) is 4.90 Å². The van der Waals surface area contributed by atoms with Crippen molar-refractivity contribution in [3.63, 3.8) is 0 Å². The summed E-state index contributed by atoms with van der Waals surface area (Å²) in [5.41, 5.74) is 0.890. The second-order valence-corrected chi connectivity index (χ2v) is 5.36. The van der Waals surface area contributed by atoms with Crippen molar-refractivity contribution in [1.29, 1.82) is 0 Å². The Morgan fingerprint density at radius 2 is 1.68 bits per heavy atom. The van der Waals surface area contributed by atoms with Crippen molar-refractivity contribution in [2.24, 2.45) is 0 Å². The number of methoxy groups -OCH3 is 1. The molecule has 2 amide bonds. The third-order valence-corrected chi connectivity index (χ3v) is 3.65. The first-order chi connectivity index (χ1) is 12.0. The van der Waals surface area contributed by atoms with Gasteiger partial charge < -0.3 is 9.47 Å². The zero-order chi connectivity index (χ0) is 18.2. The minimum absolute atomic E-state index is 0.0584. The Balaban J connectivity index is 1.67. The van der Waals surface area contributed by atoms with Crippen LogP contribution in [0.4, 0.5) is 0 Å². The van der Waals surface area contributed by atoms with Crippen LogP contribution < -0.4 is 0 Å². The number of benzene rings is 1. The van der Waals surface area contributed by atoms with Crippen LogP contribution in [0.25, 0.3) is 0 Å². The number of rotatable bonds is 8. The average molecular weight is 345 g/mol. The van der Waals surface area contributed by atoms with Crippen molar-refractivity contribution < 1.29 is 28.7 Å². The van der Waals surface area contributed by atoms with Crippen LogP contribution in [0, 0.1) is 0 Å². The molecule has 0 aliphatic carbocycles. The molecule has 0 radical (unpaired) electrons. The summed E-state index contributed by atoms with van der Waals surface area (Å²) in [7, 11) is 1.20. The normalized spacial score (nSPS) is 13.2. The third kappa shape index (κ3) is 4.76. The van der Waals surface area contributed by atoms with Crippen LogP contribution >= 0.6 is 0 Å². The topological polar surface area (TPSA) is 90.0 Å². The molecule has 0 atom stereocenters. The number of carbonyl (C=O) groups excluding carboxylic acids is 4. The van der Waals surface area contributed by atoms with Crippen LogP contribution in [0.2, 0.25) is 0 Å². The van der Waals surface area contributed by atoms with Gasteiger partial charge in [0.2, 0.25) is 0 Å². The molecule has 7 heteroatoms. The van der Waals surface area contributed by atoms with Gasteiger partial charge in [0, 0.05) is 6.54 Å². The molecular formula is C18H19NO6. The maximum atomic E-state index is 12.2. The molecule has 7 nitrogen and oxygen atoms in total. The van der Waals surface area contributed by atoms with Gasteiger partial charge in [0.1, 0.15) is 13.0 Å². The number of nitrogens with zero attached hydrogens (tertiary/aromatic N) is 1. The number of amides is 2. The van der Waals surface area contributed by atoms with Gasteiger partial charge in [-0.15, -0.1) is 0 Å². The molecule has 2 rings (SSSR count). The minimum atomic E-state index is -0.650. The van der Waals surface area contributed by atoms with Crippen LogP contribution in [0.5, 0.6) is 0 Å². The molecule has 0 fully saturated rings. The van der Waals surface area contributed by atoms with Gasteiger partial charge in [0.05, 0.1) is 18.2 Å². The van der Waals surface area contributed by atoms with Gasteiger partial charge in [-0.3, -0.25) is 24.1 Å². The van der Waals surface area contributed by atoms with Crippen LogP contribution in [0.15, 0.2) is 36.4 Å². The number of unbranched alkanes of at least 4 members (excludes halogenated alkanes) is 1. The molecule has 0 bridgehead atoms. The Hall–Kier alpha value is -2.96. The summed E-state index contributed by atoms with van der Waals surface area (Å²) in [6, 6.07) is 6.77. The Bertz CT molecular complexity index is 674. The second-order valence-electron chi connectivity index (χ2n) is 5.36. The summed E-state index contributed by atoms with van der Waals surface area (Å²) >= 11 is 0. The van der Waals surface area contributed by atoms with E-state index in [1.807, 2.05) is 0 Å². The number of imide groups is 1. The molecule has 0 saturated carbocycles. The largest absolute Gasteiger partial charge is 0.469 e. The van der Waals surface area contributed by atoms with E-state index < -0.39 is 18.4 Å². The van der Waals surface area contributed by atoms with Crippen molar-refractivity contribution in [2.75, 3.05) is 20.3 Å². The molecular weight excluding hydrogens is 326 g/mol. The second kappa shape index (κ2) is 8.77. The van der Waals surface area contributed by atoms with E-state index in [9.17, 15) is 19.2 Å². The van der Waals surface area contributed by atoms with E-state index in [1.54, 1.807) is 36.4 Å². The SMILES string of the molecule is COC(=O)CC(=O)OC/C=C/CCCN1C(=O)c2ccccc2C1=O. The fourth-order valence-electron chi connectivity index (χ4n) is 2.38. The lowest BCUT2D eigenvalue weighted by Crippen LogP contribution is -2.30. The zero-order valence-electron chi connectivity index (χ0n) is 13.9. The van der Waals surface area contributed by atoms with Crippen LogP contribution in [-0.2, 0) is 19.1 Å². The summed E-state index contributed by atoms with van der Waals surface area (Å²) in [4.78, 5) is 47.6. The number of esters is 2. The Kier molecular flexibility index (Phi) is 6.45. The molecule has 1 aromatic rings. The van der Waals surface area contributed by atoms with E-state index in [4.69, 9.17) is 4.74 Å². The standard InChI is InChI=1S/C18H19NO6/c1-24-15(20)12-16(21)25-11-7-3-2-6-10-19-17(22)13-8-4-5-9-14(13)18(19)23/h3-5,7-9H,2,6,10-12H2,1H3/b7-3+. The van der Waals surface area contributed by atoms with E-state index in [0.717, 1.165) is 0 Å². The quantitative estimate of drug-likeness (QED) is 0.234. The summed E-state index contributed by atoms with van der Waals surface area (Å²) in [5, 5.41) is 0. The van der Waals surface area contributed by atoms with E-state index in [2.05, 4.69) is 4.74 Å². The van der Waals surface area contributed by atoms with Gasteiger partial charge in [0.15, 0.2) is 0 Å². The van der Waals surface area contributed by atoms with Gasteiger partial charge >= 0.3 is 11.9 Å². The molecule has 1 aliphatic rings. The van der Waals surface area contributed by atoms with Crippen molar-refractivity contribution in [3.8, 4) is 0 Å². The highest BCUT2D eigenvalue weighted by atomic mass is 16.5. The zero-order valence-corrected chi connectivity index (χ0v) is 13.9.